The van der Waals surface area contributed by atoms with Crippen LogP contribution in [-0.2, 0) is 24.2 Å². The van der Waals surface area contributed by atoms with E-state index in [0.717, 1.165) is 0 Å². The molecule has 8 rings (SSSR count). The largest absolute Gasteiger partial charge is 0.168 e. The number of rotatable bonds is 0. The fraction of sp³-hybridized carbons (Fsp3) is 0.0541. The van der Waals surface area contributed by atoms with E-state index >= 15 is 0 Å². The van der Waals surface area contributed by atoms with Gasteiger partial charge >= 0.3 is 41.3 Å². The molecule has 0 heterocycles. The molecule has 0 atom stereocenters. The first kappa shape index (κ1) is 24.7. The fourth-order valence-corrected chi connectivity index (χ4v) is 5.43. The average molecular weight is 564 g/mol. The van der Waals surface area contributed by atoms with Crippen LogP contribution in [0, 0.1) is 0 Å². The first-order valence-electron chi connectivity index (χ1n) is 13.0. The molecule has 180 valence electrons. The molecule has 0 amide bonds. The third kappa shape index (κ3) is 4.68. The second kappa shape index (κ2) is 10.6. The van der Waals surface area contributed by atoms with Crippen molar-refractivity contribution in [3.05, 3.63) is 133 Å². The predicted molar refractivity (Wildman–Crippen MR) is 165 cm³/mol. The molecule has 0 bridgehead atoms. The third-order valence-corrected chi connectivity index (χ3v) is 7.05. The summed E-state index contributed by atoms with van der Waals surface area (Å²) in [6, 6.07) is 47.9. The summed E-state index contributed by atoms with van der Waals surface area (Å²) in [6.07, 6.45) is 0. The van der Waals surface area contributed by atoms with E-state index < -0.39 is 0 Å². The van der Waals surface area contributed by atoms with Crippen LogP contribution in [0.1, 0.15) is 13.8 Å². The van der Waals surface area contributed by atoms with Gasteiger partial charge in [-0.3, -0.25) is 0 Å². The van der Waals surface area contributed by atoms with Gasteiger partial charge in [-0.15, -0.1) is 45.8 Å². The Hall–Kier alpha value is -3.67. The summed E-state index contributed by atoms with van der Waals surface area (Å²) in [4.78, 5) is 0. The van der Waals surface area contributed by atoms with E-state index in [-0.39, 0.29) is 0 Å². The van der Waals surface area contributed by atoms with Crippen molar-refractivity contribution in [2.75, 3.05) is 0 Å². The zero-order chi connectivity index (χ0) is 26.1. The fourth-order valence-electron chi connectivity index (χ4n) is 5.43. The van der Waals surface area contributed by atoms with Crippen molar-refractivity contribution >= 4 is 67.8 Å². The number of hydrogen-bond acceptors (Lipinski definition) is 0. The van der Waals surface area contributed by atoms with Gasteiger partial charge in [0.15, 0.2) is 0 Å². The zero-order valence-corrected chi connectivity index (χ0v) is 24.2. The number of fused-ring (bicyclic) bond motifs is 10. The van der Waals surface area contributed by atoms with Crippen LogP contribution >= 0.6 is 0 Å². The van der Waals surface area contributed by atoms with Crippen LogP contribution in [0.5, 0.6) is 0 Å². The summed E-state index contributed by atoms with van der Waals surface area (Å²) >= 11 is 1.55. The van der Waals surface area contributed by atoms with Crippen LogP contribution in [0.4, 0.5) is 0 Å². The maximum atomic E-state index is 2.21. The molecule has 0 aliphatic rings. The molecule has 0 unspecified atom stereocenters. The Kier molecular flexibility index (Phi) is 6.88. The first-order valence-corrected chi connectivity index (χ1v) is 14.3. The summed E-state index contributed by atoms with van der Waals surface area (Å²) in [7, 11) is 0. The van der Waals surface area contributed by atoms with Gasteiger partial charge in [-0.1, -0.05) is 117 Å². The van der Waals surface area contributed by atoms with Crippen LogP contribution in [-0.4, -0.2) is 3.21 Å². The molecule has 0 aliphatic heterocycles. The van der Waals surface area contributed by atoms with Gasteiger partial charge < -0.3 is 0 Å². The van der Waals surface area contributed by atoms with Crippen molar-refractivity contribution in [3.8, 4) is 0 Å². The first-order chi connectivity index (χ1) is 18.6. The topological polar surface area (TPSA) is 0 Å². The van der Waals surface area contributed by atoms with Gasteiger partial charge in [-0.05, 0) is 10.8 Å². The van der Waals surface area contributed by atoms with Crippen LogP contribution < -0.4 is 0 Å². The van der Waals surface area contributed by atoms with Crippen molar-refractivity contribution in [2.24, 2.45) is 0 Å². The van der Waals surface area contributed by atoms with E-state index in [1.54, 1.807) is 24.2 Å². The van der Waals surface area contributed by atoms with Gasteiger partial charge in [0.25, 0.3) is 0 Å². The van der Waals surface area contributed by atoms with E-state index in [9.17, 15) is 0 Å². The summed E-state index contributed by atoms with van der Waals surface area (Å²) in [5.41, 5.74) is 0. The third-order valence-electron chi connectivity index (χ3n) is 7.05. The van der Waals surface area contributed by atoms with Crippen molar-refractivity contribution in [3.63, 3.8) is 0 Å². The summed E-state index contributed by atoms with van der Waals surface area (Å²) in [5.74, 6) is 0. The van der Waals surface area contributed by atoms with Crippen molar-refractivity contribution < 1.29 is 24.2 Å². The molecule has 0 aromatic heterocycles. The Morgan fingerprint density at radius 2 is 0.789 bits per heavy atom. The second-order valence-corrected chi connectivity index (χ2v) is 12.4. The van der Waals surface area contributed by atoms with Crippen molar-refractivity contribution in [1.29, 1.82) is 0 Å². The maximum absolute atomic E-state index is 2.21. The van der Waals surface area contributed by atoms with E-state index in [4.69, 9.17) is 0 Å². The molecule has 0 spiro atoms. The molecule has 0 radical (unpaired) electrons. The monoisotopic (exact) mass is 562 g/mol. The summed E-state index contributed by atoms with van der Waals surface area (Å²) in [6.45, 7) is 4.25. The van der Waals surface area contributed by atoms with E-state index in [0.29, 0.717) is 0 Å². The molecule has 0 nitrogen and oxygen atoms in total. The van der Waals surface area contributed by atoms with Crippen molar-refractivity contribution in [1.82, 2.24) is 0 Å². The van der Waals surface area contributed by atoms with Gasteiger partial charge in [0.2, 0.25) is 0 Å². The van der Waals surface area contributed by atoms with Gasteiger partial charge in [0, 0.05) is 0 Å². The minimum Gasteiger partial charge on any atom is -0.168 e. The predicted octanol–water partition coefficient (Wildman–Crippen LogP) is 10.5. The molecule has 0 saturated carbocycles. The Morgan fingerprint density at radius 3 is 1.21 bits per heavy atom. The van der Waals surface area contributed by atoms with Crippen LogP contribution in [0.3, 0.4) is 0 Å². The molecule has 1 heteroatoms. The van der Waals surface area contributed by atoms with E-state index in [2.05, 4.69) is 147 Å². The number of hydrogen-bond donors (Lipinski definition) is 0. The SMILES string of the molecule is C[C](C)=[Zr+2].c1ccc2c(c1)ccc1ccc3cc[cH-]c3c12.c1ccc2c(c1)ccc1ccc3cc[cH-]c3c12. The quantitative estimate of drug-likeness (QED) is 0.127. The molecule has 0 N–H and O–H groups in total. The van der Waals surface area contributed by atoms with Crippen molar-refractivity contribution in [2.45, 2.75) is 13.8 Å². The average Bonchev–Trinajstić information content (AvgIpc) is 3.62. The normalized spacial score (nSPS) is 11.1. The molecule has 0 aliphatic carbocycles. The van der Waals surface area contributed by atoms with Crippen LogP contribution in [0.2, 0.25) is 0 Å². The van der Waals surface area contributed by atoms with E-state index in [1.807, 2.05) is 0 Å². The summed E-state index contributed by atoms with van der Waals surface area (Å²) in [5, 5.41) is 16.1. The second-order valence-electron chi connectivity index (χ2n) is 9.96. The van der Waals surface area contributed by atoms with Gasteiger partial charge in [-0.2, -0.15) is 24.3 Å². The maximum Gasteiger partial charge on any atom is -0.0271 e. The minimum absolute atomic E-state index is 1.31. The van der Waals surface area contributed by atoms with Crippen LogP contribution in [0.25, 0.3) is 64.6 Å². The Bertz CT molecular complexity index is 1920. The van der Waals surface area contributed by atoms with Gasteiger partial charge in [0.1, 0.15) is 0 Å². The summed E-state index contributed by atoms with van der Waals surface area (Å²) < 4.78 is 1.51. The van der Waals surface area contributed by atoms with E-state index in [1.165, 1.54) is 67.8 Å². The minimum atomic E-state index is 1.31. The molecule has 0 saturated heterocycles. The Labute approximate surface area is 238 Å². The standard InChI is InChI=1S/2C17H11.C3H6.Zr/c2*1-2-6-15-12(4-1)8-10-14-11-9-13-5-3-7-16(13)17(14)15;1-3-2;/h2*1-11H;1-2H3;/q2*-1;;+2. The van der Waals surface area contributed by atoms with Gasteiger partial charge in [-0.25, -0.2) is 0 Å². The molecular formula is C37H28Zr. The molecule has 8 aromatic rings. The van der Waals surface area contributed by atoms with Crippen LogP contribution in [0.15, 0.2) is 133 Å². The van der Waals surface area contributed by atoms with Gasteiger partial charge in [0.05, 0.1) is 0 Å². The Morgan fingerprint density at radius 1 is 0.447 bits per heavy atom. The Balaban J connectivity index is 0.000000122. The number of benzene rings is 6. The zero-order valence-electron chi connectivity index (χ0n) is 21.7. The molecule has 38 heavy (non-hydrogen) atoms. The molecule has 0 fully saturated rings. The smallest absolute Gasteiger partial charge is 0.0271 e. The molecular weight excluding hydrogens is 536 g/mol. The molecule has 8 aromatic carbocycles.